The minimum absolute atomic E-state index is 0.119. The Labute approximate surface area is 119 Å². The third-order valence-corrected chi connectivity index (χ3v) is 4.32. The number of aliphatic hydroxyl groups excluding tert-OH is 2. The summed E-state index contributed by atoms with van der Waals surface area (Å²) in [5, 5.41) is 25.0. The standard InChI is InChI=1S/C12H18BrN3O3/c13-10-9(7-15-16(4-6-18)11(10)19)14-8-12(1-2-12)3-5-17/h7,14,17-18H,1-6,8H2. The van der Waals surface area contributed by atoms with E-state index in [0.29, 0.717) is 10.2 Å². The summed E-state index contributed by atoms with van der Waals surface area (Å²) < 4.78 is 1.64. The van der Waals surface area contributed by atoms with Crippen molar-refractivity contribution in [1.82, 2.24) is 9.78 Å². The lowest BCUT2D eigenvalue weighted by atomic mass is 10.0. The summed E-state index contributed by atoms with van der Waals surface area (Å²) >= 11 is 3.26. The van der Waals surface area contributed by atoms with Crippen molar-refractivity contribution < 1.29 is 10.2 Å². The highest BCUT2D eigenvalue weighted by atomic mass is 79.9. The molecule has 0 saturated heterocycles. The van der Waals surface area contributed by atoms with Gasteiger partial charge in [0, 0.05) is 13.2 Å². The lowest BCUT2D eigenvalue weighted by Gasteiger charge is -2.16. The molecular weight excluding hydrogens is 314 g/mol. The molecule has 3 N–H and O–H groups in total. The van der Waals surface area contributed by atoms with Crippen LogP contribution in [0.15, 0.2) is 15.5 Å². The minimum atomic E-state index is -0.258. The first-order chi connectivity index (χ1) is 9.12. The van der Waals surface area contributed by atoms with E-state index < -0.39 is 0 Å². The molecule has 0 radical (unpaired) electrons. The molecule has 7 heteroatoms. The third-order valence-electron chi connectivity index (χ3n) is 3.55. The average Bonchev–Trinajstić information content (AvgIpc) is 3.15. The molecule has 1 aliphatic rings. The Bertz CT molecular complexity index is 499. The fourth-order valence-electron chi connectivity index (χ4n) is 2.05. The highest BCUT2D eigenvalue weighted by Crippen LogP contribution is 2.48. The number of halogens is 1. The van der Waals surface area contributed by atoms with Crippen molar-refractivity contribution >= 4 is 21.6 Å². The van der Waals surface area contributed by atoms with Gasteiger partial charge in [-0.25, -0.2) is 4.68 Å². The Kier molecular flexibility index (Phi) is 4.59. The van der Waals surface area contributed by atoms with Crippen LogP contribution in [0.4, 0.5) is 5.69 Å². The summed E-state index contributed by atoms with van der Waals surface area (Å²) in [4.78, 5) is 11.9. The summed E-state index contributed by atoms with van der Waals surface area (Å²) in [6, 6.07) is 0. The molecule has 0 spiro atoms. The second kappa shape index (κ2) is 6.02. The number of nitrogens with zero attached hydrogens (tertiary/aromatic N) is 2. The van der Waals surface area contributed by atoms with Crippen LogP contribution in [-0.4, -0.2) is 39.8 Å². The van der Waals surface area contributed by atoms with Crippen molar-refractivity contribution in [3.63, 3.8) is 0 Å². The van der Waals surface area contributed by atoms with E-state index in [9.17, 15) is 4.79 Å². The van der Waals surface area contributed by atoms with Gasteiger partial charge >= 0.3 is 0 Å². The largest absolute Gasteiger partial charge is 0.396 e. The maximum Gasteiger partial charge on any atom is 0.283 e. The average molecular weight is 332 g/mol. The van der Waals surface area contributed by atoms with Gasteiger partial charge in [0.15, 0.2) is 0 Å². The maximum atomic E-state index is 11.9. The van der Waals surface area contributed by atoms with E-state index in [-0.39, 0.29) is 30.7 Å². The van der Waals surface area contributed by atoms with Crippen LogP contribution in [0.5, 0.6) is 0 Å². The minimum Gasteiger partial charge on any atom is -0.396 e. The summed E-state index contributed by atoms with van der Waals surface area (Å²) in [6.07, 6.45) is 4.57. The molecule has 0 bridgehead atoms. The van der Waals surface area contributed by atoms with Gasteiger partial charge in [-0.2, -0.15) is 5.10 Å². The fraction of sp³-hybridized carbons (Fsp3) is 0.667. The number of aromatic nitrogens is 2. The van der Waals surface area contributed by atoms with Crippen LogP contribution in [0.1, 0.15) is 19.3 Å². The molecule has 6 nitrogen and oxygen atoms in total. The highest BCUT2D eigenvalue weighted by molar-refractivity contribution is 9.10. The van der Waals surface area contributed by atoms with Gasteiger partial charge in [-0.05, 0) is 40.6 Å². The number of hydrogen-bond donors (Lipinski definition) is 3. The third kappa shape index (κ3) is 3.34. The van der Waals surface area contributed by atoms with Crippen LogP contribution in [0.2, 0.25) is 0 Å². The number of nitrogens with one attached hydrogen (secondary N) is 1. The molecule has 1 fully saturated rings. The molecule has 0 aromatic carbocycles. The predicted octanol–water partition coefficient (Wildman–Crippen LogP) is 0.573. The maximum absolute atomic E-state index is 11.9. The first-order valence-electron chi connectivity index (χ1n) is 6.33. The van der Waals surface area contributed by atoms with Crippen LogP contribution in [-0.2, 0) is 6.54 Å². The highest BCUT2D eigenvalue weighted by Gasteiger charge is 2.41. The van der Waals surface area contributed by atoms with E-state index in [1.165, 1.54) is 4.68 Å². The molecule has 2 rings (SSSR count). The van der Waals surface area contributed by atoms with Crippen molar-refractivity contribution in [3.8, 4) is 0 Å². The smallest absolute Gasteiger partial charge is 0.283 e. The van der Waals surface area contributed by atoms with Crippen LogP contribution >= 0.6 is 15.9 Å². The molecule has 19 heavy (non-hydrogen) atoms. The Morgan fingerprint density at radius 1 is 1.42 bits per heavy atom. The quantitative estimate of drug-likeness (QED) is 0.680. The zero-order valence-corrected chi connectivity index (χ0v) is 12.2. The van der Waals surface area contributed by atoms with Crippen molar-refractivity contribution in [2.75, 3.05) is 25.1 Å². The van der Waals surface area contributed by atoms with Crippen molar-refractivity contribution in [2.45, 2.75) is 25.8 Å². The van der Waals surface area contributed by atoms with Crippen LogP contribution in [0.3, 0.4) is 0 Å². The summed E-state index contributed by atoms with van der Waals surface area (Å²) in [7, 11) is 0. The van der Waals surface area contributed by atoms with Crippen LogP contribution in [0.25, 0.3) is 0 Å². The van der Waals surface area contributed by atoms with E-state index in [4.69, 9.17) is 10.2 Å². The van der Waals surface area contributed by atoms with Crippen molar-refractivity contribution in [2.24, 2.45) is 5.41 Å². The van der Waals surface area contributed by atoms with Gasteiger partial charge in [-0.1, -0.05) is 0 Å². The van der Waals surface area contributed by atoms with Crippen molar-refractivity contribution in [3.05, 3.63) is 21.0 Å². The Morgan fingerprint density at radius 3 is 2.74 bits per heavy atom. The molecule has 1 aromatic rings. The van der Waals surface area contributed by atoms with Gasteiger partial charge in [-0.15, -0.1) is 0 Å². The molecular formula is C12H18BrN3O3. The number of aliphatic hydroxyl groups is 2. The lowest BCUT2D eigenvalue weighted by Crippen LogP contribution is -2.26. The van der Waals surface area contributed by atoms with Crippen LogP contribution in [0, 0.1) is 5.41 Å². The predicted molar refractivity (Wildman–Crippen MR) is 75.1 cm³/mol. The molecule has 0 aliphatic heterocycles. The Balaban J connectivity index is 2.05. The first kappa shape index (κ1) is 14.5. The van der Waals surface area contributed by atoms with E-state index in [1.54, 1.807) is 6.20 Å². The van der Waals surface area contributed by atoms with Crippen molar-refractivity contribution in [1.29, 1.82) is 0 Å². The second-order valence-electron chi connectivity index (χ2n) is 4.95. The zero-order valence-electron chi connectivity index (χ0n) is 10.6. The van der Waals surface area contributed by atoms with Gasteiger partial charge in [0.25, 0.3) is 5.56 Å². The Hall–Kier alpha value is -0.920. The van der Waals surface area contributed by atoms with Gasteiger partial charge in [0.2, 0.25) is 0 Å². The number of rotatable bonds is 7. The molecule has 1 saturated carbocycles. The zero-order chi connectivity index (χ0) is 13.9. The molecule has 1 aromatic heterocycles. The normalized spacial score (nSPS) is 16.4. The molecule has 0 unspecified atom stereocenters. The van der Waals surface area contributed by atoms with Crippen LogP contribution < -0.4 is 10.9 Å². The van der Waals surface area contributed by atoms with Gasteiger partial charge < -0.3 is 15.5 Å². The lowest BCUT2D eigenvalue weighted by molar-refractivity contribution is 0.253. The monoisotopic (exact) mass is 331 g/mol. The first-order valence-corrected chi connectivity index (χ1v) is 7.12. The van der Waals surface area contributed by atoms with Gasteiger partial charge in [0.1, 0.15) is 4.47 Å². The molecule has 0 amide bonds. The van der Waals surface area contributed by atoms with E-state index in [1.807, 2.05) is 0 Å². The fourth-order valence-corrected chi connectivity index (χ4v) is 2.50. The van der Waals surface area contributed by atoms with E-state index in [2.05, 4.69) is 26.3 Å². The number of anilines is 1. The second-order valence-corrected chi connectivity index (χ2v) is 5.74. The SMILES string of the molecule is O=c1c(Br)c(NCC2(CCO)CC2)cnn1CCO. The summed E-state index contributed by atoms with van der Waals surface area (Å²) in [5.74, 6) is 0. The van der Waals surface area contributed by atoms with Gasteiger partial charge in [-0.3, -0.25) is 4.79 Å². The molecule has 1 aliphatic carbocycles. The molecule has 1 heterocycles. The van der Waals surface area contributed by atoms with Gasteiger partial charge in [0.05, 0.1) is 25.0 Å². The Morgan fingerprint density at radius 2 is 2.16 bits per heavy atom. The number of hydrogen-bond acceptors (Lipinski definition) is 5. The van der Waals surface area contributed by atoms with E-state index in [0.717, 1.165) is 25.8 Å². The topological polar surface area (TPSA) is 87.4 Å². The summed E-state index contributed by atoms with van der Waals surface area (Å²) in [5.41, 5.74) is 0.572. The van der Waals surface area contributed by atoms with E-state index >= 15 is 0 Å². The molecule has 0 atom stereocenters. The molecule has 106 valence electrons. The summed E-state index contributed by atoms with van der Waals surface area (Å²) in [6.45, 7) is 0.994.